The van der Waals surface area contributed by atoms with Gasteiger partial charge in [-0.2, -0.15) is 0 Å². The molecule has 0 saturated carbocycles. The van der Waals surface area contributed by atoms with Crippen molar-refractivity contribution in [2.45, 2.75) is 155 Å². The van der Waals surface area contributed by atoms with E-state index in [1.807, 2.05) is 0 Å². The van der Waals surface area contributed by atoms with Crippen molar-refractivity contribution in [1.82, 2.24) is 0 Å². The summed E-state index contributed by atoms with van der Waals surface area (Å²) in [5.41, 5.74) is 0. The molecule has 0 aliphatic carbocycles. The van der Waals surface area contributed by atoms with Crippen LogP contribution in [0.5, 0.6) is 0 Å². The average Bonchev–Trinajstić information content (AvgIpc) is 2.58. The molecule has 0 saturated heterocycles. The molecule has 0 spiro atoms. The first kappa shape index (κ1) is 28.1. The Morgan fingerprint density at radius 1 is 0.750 bits per heavy atom. The minimum Gasteiger partial charge on any atom is -0.411 e. The van der Waals surface area contributed by atoms with Crippen LogP contribution >= 0.6 is 0 Å². The molecule has 0 fully saturated rings. The fraction of sp³-hybridized carbons (Fsp3) is 1.00. The van der Waals surface area contributed by atoms with Crippen LogP contribution in [-0.4, -0.2) is 25.6 Å². The van der Waals surface area contributed by atoms with E-state index in [1.54, 1.807) is 0 Å². The number of hydrogen-bond donors (Lipinski definition) is 1. The lowest BCUT2D eigenvalue weighted by Gasteiger charge is -2.40. The van der Waals surface area contributed by atoms with Crippen molar-refractivity contribution in [3.8, 4) is 0 Å². The number of rotatable bonds is 17. The molecule has 0 aliphatic heterocycles. The van der Waals surface area contributed by atoms with Gasteiger partial charge in [0.2, 0.25) is 0 Å². The van der Waals surface area contributed by atoms with Gasteiger partial charge < -0.3 is 9.53 Å². The summed E-state index contributed by atoms with van der Waals surface area (Å²) in [6.45, 7) is 18.4. The third-order valence-corrected chi connectivity index (χ3v) is 11.1. The van der Waals surface area contributed by atoms with E-state index in [4.69, 9.17) is 4.43 Å². The summed E-state index contributed by atoms with van der Waals surface area (Å²) in [4.78, 5) is 0. The van der Waals surface area contributed by atoms with Gasteiger partial charge in [0, 0.05) is 0 Å². The van der Waals surface area contributed by atoms with Crippen molar-refractivity contribution >= 4 is 8.32 Å². The summed E-state index contributed by atoms with van der Waals surface area (Å²) < 4.78 is 6.69. The molecule has 0 aromatic heterocycles. The van der Waals surface area contributed by atoms with Crippen molar-refractivity contribution < 1.29 is 9.53 Å². The van der Waals surface area contributed by atoms with Crippen molar-refractivity contribution in [3.05, 3.63) is 0 Å². The molecule has 1 N–H and O–H groups in total. The van der Waals surface area contributed by atoms with Crippen molar-refractivity contribution in [3.63, 3.8) is 0 Å². The zero-order valence-electron chi connectivity index (χ0n) is 20.8. The molecule has 28 heavy (non-hydrogen) atoms. The van der Waals surface area contributed by atoms with Crippen LogP contribution in [0.1, 0.15) is 125 Å². The molecule has 2 atom stereocenters. The van der Waals surface area contributed by atoms with Crippen LogP contribution in [0.2, 0.25) is 18.1 Å². The molecule has 0 aromatic rings. The standard InChI is InChI=1S/C25H54O2Si/c1-9-10-11-12-13-14-15-16-21-24(27-28(7,8)25(4,5)6)23(26)20-18-17-19-22(2)3/h22-24,26H,9-21H2,1-8H3/t23-,24-/m0/s1. The maximum absolute atomic E-state index is 10.9. The van der Waals surface area contributed by atoms with Gasteiger partial charge in [0.1, 0.15) is 0 Å². The van der Waals surface area contributed by atoms with Crippen LogP contribution in [0, 0.1) is 5.92 Å². The molecule has 0 heterocycles. The Morgan fingerprint density at radius 2 is 1.21 bits per heavy atom. The van der Waals surface area contributed by atoms with Gasteiger partial charge in [-0.05, 0) is 36.9 Å². The van der Waals surface area contributed by atoms with Crippen molar-refractivity contribution in [2.75, 3.05) is 0 Å². The lowest BCUT2D eigenvalue weighted by atomic mass is 9.98. The van der Waals surface area contributed by atoms with Gasteiger partial charge in [-0.25, -0.2) is 0 Å². The van der Waals surface area contributed by atoms with E-state index < -0.39 is 8.32 Å². The van der Waals surface area contributed by atoms with Crippen molar-refractivity contribution in [2.24, 2.45) is 5.92 Å². The Balaban J connectivity index is 4.47. The van der Waals surface area contributed by atoms with E-state index in [0.29, 0.717) is 0 Å². The third kappa shape index (κ3) is 13.4. The third-order valence-electron chi connectivity index (χ3n) is 6.55. The molecular weight excluding hydrogens is 360 g/mol. The van der Waals surface area contributed by atoms with Gasteiger partial charge >= 0.3 is 0 Å². The average molecular weight is 415 g/mol. The quantitative estimate of drug-likeness (QED) is 0.191. The molecule has 3 heteroatoms. The Labute approximate surface area is 179 Å². The second-order valence-corrected chi connectivity index (χ2v) is 15.7. The second kappa shape index (κ2) is 15.0. The second-order valence-electron chi connectivity index (χ2n) is 10.9. The normalized spacial score (nSPS) is 15.2. The Morgan fingerprint density at radius 3 is 1.71 bits per heavy atom. The highest BCUT2D eigenvalue weighted by Crippen LogP contribution is 2.38. The molecular formula is C25H54O2Si. The maximum Gasteiger partial charge on any atom is 0.192 e. The van der Waals surface area contributed by atoms with E-state index in [0.717, 1.165) is 25.2 Å². The minimum absolute atomic E-state index is 0.0278. The highest BCUT2D eigenvalue weighted by molar-refractivity contribution is 6.74. The van der Waals surface area contributed by atoms with Crippen LogP contribution < -0.4 is 0 Å². The van der Waals surface area contributed by atoms with Gasteiger partial charge in [0.25, 0.3) is 0 Å². The van der Waals surface area contributed by atoms with Crippen LogP contribution in [-0.2, 0) is 4.43 Å². The van der Waals surface area contributed by atoms with Crippen LogP contribution in [0.25, 0.3) is 0 Å². The topological polar surface area (TPSA) is 29.5 Å². The highest BCUT2D eigenvalue weighted by atomic mass is 28.4. The van der Waals surface area contributed by atoms with Gasteiger partial charge in [0.15, 0.2) is 8.32 Å². The fourth-order valence-electron chi connectivity index (χ4n) is 3.46. The Hall–Kier alpha value is 0.137. The van der Waals surface area contributed by atoms with E-state index in [-0.39, 0.29) is 17.2 Å². The zero-order chi connectivity index (χ0) is 21.6. The first-order valence-electron chi connectivity index (χ1n) is 12.4. The van der Waals surface area contributed by atoms with Crippen LogP contribution in [0.4, 0.5) is 0 Å². The molecule has 0 aromatic carbocycles. The molecule has 0 radical (unpaired) electrons. The van der Waals surface area contributed by atoms with Crippen molar-refractivity contribution in [1.29, 1.82) is 0 Å². The number of hydrogen-bond acceptors (Lipinski definition) is 2. The Bertz CT molecular complexity index is 360. The van der Waals surface area contributed by atoms with Gasteiger partial charge in [-0.3, -0.25) is 0 Å². The monoisotopic (exact) mass is 414 g/mol. The summed E-state index contributed by atoms with van der Waals surface area (Å²) >= 11 is 0. The molecule has 0 unspecified atom stereocenters. The summed E-state index contributed by atoms with van der Waals surface area (Å²) in [7, 11) is -1.85. The largest absolute Gasteiger partial charge is 0.411 e. The summed E-state index contributed by atoms with van der Waals surface area (Å²) in [5.74, 6) is 0.758. The molecule has 0 rings (SSSR count). The maximum atomic E-state index is 10.9. The first-order chi connectivity index (χ1) is 13.0. The van der Waals surface area contributed by atoms with E-state index in [1.165, 1.54) is 64.2 Å². The lowest BCUT2D eigenvalue weighted by molar-refractivity contribution is 0.0147. The molecule has 0 bridgehead atoms. The zero-order valence-corrected chi connectivity index (χ0v) is 21.8. The SMILES string of the molecule is CCCCCCCCCC[C@H](O[Si](C)(C)C(C)(C)C)[C@@H](O)CCCCC(C)C. The summed E-state index contributed by atoms with van der Waals surface area (Å²) in [6.07, 6.45) is 15.9. The predicted octanol–water partition coefficient (Wildman–Crippen LogP) is 8.48. The lowest BCUT2D eigenvalue weighted by Crippen LogP contribution is -2.47. The smallest absolute Gasteiger partial charge is 0.192 e. The molecule has 170 valence electrons. The van der Waals surface area contributed by atoms with Crippen LogP contribution in [0.3, 0.4) is 0 Å². The van der Waals surface area contributed by atoms with Gasteiger partial charge in [-0.15, -0.1) is 0 Å². The molecule has 2 nitrogen and oxygen atoms in total. The number of aliphatic hydroxyl groups excluding tert-OH is 1. The highest BCUT2D eigenvalue weighted by Gasteiger charge is 2.40. The van der Waals surface area contributed by atoms with E-state index in [2.05, 4.69) is 54.6 Å². The summed E-state index contributed by atoms with van der Waals surface area (Å²) in [6, 6.07) is 0. The van der Waals surface area contributed by atoms with E-state index >= 15 is 0 Å². The predicted molar refractivity (Wildman–Crippen MR) is 129 cm³/mol. The number of aliphatic hydroxyl groups is 1. The first-order valence-corrected chi connectivity index (χ1v) is 15.3. The van der Waals surface area contributed by atoms with Gasteiger partial charge in [-0.1, -0.05) is 112 Å². The van der Waals surface area contributed by atoms with Crippen LogP contribution in [0.15, 0.2) is 0 Å². The molecule has 0 amide bonds. The minimum atomic E-state index is -1.85. The van der Waals surface area contributed by atoms with Gasteiger partial charge in [0.05, 0.1) is 12.2 Å². The van der Waals surface area contributed by atoms with E-state index in [9.17, 15) is 5.11 Å². The Kier molecular flexibility index (Phi) is 15.1. The fourth-order valence-corrected chi connectivity index (χ4v) is 4.84. The summed E-state index contributed by atoms with van der Waals surface area (Å²) in [5, 5.41) is 11.1. The molecule has 0 aliphatic rings. The number of unbranched alkanes of at least 4 members (excludes halogenated alkanes) is 8.